The Morgan fingerprint density at radius 2 is 2.09 bits per heavy atom. The molecule has 1 saturated carbocycles. The lowest BCUT2D eigenvalue weighted by Gasteiger charge is -2.24. The number of benzene rings is 1. The molecule has 1 atom stereocenters. The lowest BCUT2D eigenvalue weighted by Crippen LogP contribution is -2.42. The van der Waals surface area contributed by atoms with Gasteiger partial charge in [-0.25, -0.2) is 4.79 Å². The number of rotatable bonds is 6. The van der Waals surface area contributed by atoms with E-state index in [1.165, 1.54) is 18.4 Å². The van der Waals surface area contributed by atoms with Gasteiger partial charge in [0.05, 0.1) is 12.7 Å². The average Bonchev–Trinajstić information content (AvgIpc) is 3.33. The Morgan fingerprint density at radius 3 is 2.78 bits per heavy atom. The number of carbonyl (C=O) groups excluding carboxylic acids is 1. The maximum Gasteiger partial charge on any atom is 0.317 e. The summed E-state index contributed by atoms with van der Waals surface area (Å²) < 4.78 is 1.90. The number of aromatic nitrogens is 2. The molecule has 5 heteroatoms. The van der Waals surface area contributed by atoms with Crippen molar-refractivity contribution < 1.29 is 4.79 Å². The summed E-state index contributed by atoms with van der Waals surface area (Å²) in [6.45, 7) is 3.37. The predicted octanol–water partition coefficient (Wildman–Crippen LogP) is 2.87. The smallest absolute Gasteiger partial charge is 0.317 e. The van der Waals surface area contributed by atoms with Gasteiger partial charge in [-0.1, -0.05) is 30.3 Å². The van der Waals surface area contributed by atoms with Crippen LogP contribution in [-0.4, -0.2) is 33.8 Å². The van der Waals surface area contributed by atoms with Gasteiger partial charge in [0.2, 0.25) is 0 Å². The number of amides is 2. The quantitative estimate of drug-likeness (QED) is 0.891. The van der Waals surface area contributed by atoms with Crippen molar-refractivity contribution in [1.29, 1.82) is 0 Å². The summed E-state index contributed by atoms with van der Waals surface area (Å²) in [4.78, 5) is 14.0. The number of urea groups is 1. The summed E-state index contributed by atoms with van der Waals surface area (Å²) in [5.74, 6) is 0.680. The third-order valence-corrected chi connectivity index (χ3v) is 4.55. The van der Waals surface area contributed by atoms with E-state index in [1.807, 2.05) is 47.2 Å². The lowest BCUT2D eigenvalue weighted by molar-refractivity contribution is 0.187. The van der Waals surface area contributed by atoms with E-state index >= 15 is 0 Å². The molecular weight excluding hydrogens is 288 g/mol. The molecule has 1 aliphatic rings. The Hall–Kier alpha value is -2.30. The fourth-order valence-electron chi connectivity index (χ4n) is 2.74. The van der Waals surface area contributed by atoms with Crippen LogP contribution in [0, 0.1) is 5.92 Å². The van der Waals surface area contributed by atoms with Crippen LogP contribution in [0.1, 0.15) is 30.9 Å². The normalized spacial score (nSPS) is 15.2. The van der Waals surface area contributed by atoms with Crippen LogP contribution in [0.4, 0.5) is 4.79 Å². The SMILES string of the molecule is CC(C1CC1)N(C)C(=O)NCc1cnn(Cc2ccccc2)c1. The third-order valence-electron chi connectivity index (χ3n) is 4.55. The lowest BCUT2D eigenvalue weighted by atomic mass is 10.2. The van der Waals surface area contributed by atoms with Crippen LogP contribution in [0.5, 0.6) is 0 Å². The highest BCUT2D eigenvalue weighted by atomic mass is 16.2. The monoisotopic (exact) mass is 312 g/mol. The number of nitrogens with zero attached hydrogens (tertiary/aromatic N) is 3. The van der Waals surface area contributed by atoms with E-state index in [1.54, 1.807) is 0 Å². The number of nitrogens with one attached hydrogen (secondary N) is 1. The number of carbonyl (C=O) groups is 1. The predicted molar refractivity (Wildman–Crippen MR) is 90.0 cm³/mol. The second kappa shape index (κ2) is 6.86. The molecule has 0 bridgehead atoms. The Bertz CT molecular complexity index is 648. The van der Waals surface area contributed by atoms with Crippen molar-refractivity contribution in [3.05, 3.63) is 53.9 Å². The molecule has 0 radical (unpaired) electrons. The first-order valence-electron chi connectivity index (χ1n) is 8.19. The summed E-state index contributed by atoms with van der Waals surface area (Å²) in [5.41, 5.74) is 2.23. The number of hydrogen-bond donors (Lipinski definition) is 1. The van der Waals surface area contributed by atoms with Crippen molar-refractivity contribution in [1.82, 2.24) is 20.0 Å². The maximum absolute atomic E-state index is 12.2. The summed E-state index contributed by atoms with van der Waals surface area (Å²) >= 11 is 0. The molecule has 1 N–H and O–H groups in total. The zero-order valence-electron chi connectivity index (χ0n) is 13.8. The van der Waals surface area contributed by atoms with Gasteiger partial charge in [0.15, 0.2) is 0 Å². The molecule has 1 aliphatic carbocycles. The van der Waals surface area contributed by atoms with Gasteiger partial charge < -0.3 is 10.2 Å². The summed E-state index contributed by atoms with van der Waals surface area (Å²) in [7, 11) is 1.87. The van der Waals surface area contributed by atoms with Gasteiger partial charge in [0.25, 0.3) is 0 Å². The van der Waals surface area contributed by atoms with Gasteiger partial charge >= 0.3 is 6.03 Å². The first-order valence-corrected chi connectivity index (χ1v) is 8.19. The molecule has 0 aliphatic heterocycles. The standard InChI is InChI=1S/C18H24N4O/c1-14(17-8-9-17)21(2)18(23)19-10-16-11-20-22(13-16)12-15-6-4-3-5-7-15/h3-7,11,13-14,17H,8-10,12H2,1-2H3,(H,19,23). The zero-order valence-corrected chi connectivity index (χ0v) is 13.8. The van der Waals surface area contributed by atoms with E-state index in [0.29, 0.717) is 18.5 Å². The minimum atomic E-state index is -0.0137. The minimum absolute atomic E-state index is 0.0137. The van der Waals surface area contributed by atoms with Crippen molar-refractivity contribution in [2.45, 2.75) is 38.9 Å². The summed E-state index contributed by atoms with van der Waals surface area (Å²) in [5, 5.41) is 7.33. The fourth-order valence-corrected chi connectivity index (χ4v) is 2.74. The van der Waals surface area contributed by atoms with Gasteiger partial charge in [-0.3, -0.25) is 4.68 Å². The maximum atomic E-state index is 12.2. The molecular formula is C18H24N4O. The van der Waals surface area contributed by atoms with Crippen LogP contribution in [0.25, 0.3) is 0 Å². The van der Waals surface area contributed by atoms with Crippen LogP contribution in [0.15, 0.2) is 42.7 Å². The second-order valence-electron chi connectivity index (χ2n) is 6.38. The molecule has 122 valence electrons. The van der Waals surface area contributed by atoms with E-state index in [2.05, 4.69) is 29.5 Å². The topological polar surface area (TPSA) is 50.2 Å². The molecule has 3 rings (SSSR count). The Labute approximate surface area is 137 Å². The van der Waals surface area contributed by atoms with Crippen LogP contribution >= 0.6 is 0 Å². The Kier molecular flexibility index (Phi) is 4.65. The van der Waals surface area contributed by atoms with E-state index < -0.39 is 0 Å². The molecule has 1 unspecified atom stereocenters. The highest BCUT2D eigenvalue weighted by Gasteiger charge is 2.32. The second-order valence-corrected chi connectivity index (χ2v) is 6.38. The van der Waals surface area contributed by atoms with Crippen LogP contribution in [0.2, 0.25) is 0 Å². The van der Waals surface area contributed by atoms with E-state index in [9.17, 15) is 4.79 Å². The van der Waals surface area contributed by atoms with Gasteiger partial charge in [0.1, 0.15) is 0 Å². The van der Waals surface area contributed by atoms with Crippen molar-refractivity contribution in [3.8, 4) is 0 Å². The van der Waals surface area contributed by atoms with Gasteiger partial charge in [-0.05, 0) is 31.2 Å². The van der Waals surface area contributed by atoms with E-state index in [4.69, 9.17) is 0 Å². The Morgan fingerprint density at radius 1 is 1.35 bits per heavy atom. The van der Waals surface area contributed by atoms with Crippen molar-refractivity contribution in [2.24, 2.45) is 5.92 Å². The third kappa shape index (κ3) is 4.12. The van der Waals surface area contributed by atoms with E-state index in [-0.39, 0.29) is 6.03 Å². The zero-order chi connectivity index (χ0) is 16.2. The van der Waals surface area contributed by atoms with Crippen molar-refractivity contribution in [3.63, 3.8) is 0 Å². The largest absolute Gasteiger partial charge is 0.334 e. The summed E-state index contributed by atoms with van der Waals surface area (Å²) in [6, 6.07) is 10.5. The van der Waals surface area contributed by atoms with Gasteiger partial charge in [-0.15, -0.1) is 0 Å². The fraction of sp³-hybridized carbons (Fsp3) is 0.444. The molecule has 23 heavy (non-hydrogen) atoms. The summed E-state index contributed by atoms with van der Waals surface area (Å²) in [6.07, 6.45) is 6.28. The molecule has 1 fully saturated rings. The molecule has 0 spiro atoms. The van der Waals surface area contributed by atoms with Crippen molar-refractivity contribution in [2.75, 3.05) is 7.05 Å². The molecule has 2 amide bonds. The molecule has 1 aromatic heterocycles. The van der Waals surface area contributed by atoms with Gasteiger partial charge in [-0.2, -0.15) is 5.10 Å². The van der Waals surface area contributed by atoms with Crippen LogP contribution < -0.4 is 5.32 Å². The van der Waals surface area contributed by atoms with Crippen molar-refractivity contribution >= 4 is 6.03 Å². The molecule has 0 saturated heterocycles. The minimum Gasteiger partial charge on any atom is -0.334 e. The first kappa shape index (κ1) is 15.6. The first-order chi connectivity index (χ1) is 11.1. The van der Waals surface area contributed by atoms with Crippen LogP contribution in [-0.2, 0) is 13.1 Å². The van der Waals surface area contributed by atoms with Crippen LogP contribution in [0.3, 0.4) is 0 Å². The molecule has 1 aromatic carbocycles. The molecule has 2 aromatic rings. The molecule has 5 nitrogen and oxygen atoms in total. The average molecular weight is 312 g/mol. The van der Waals surface area contributed by atoms with E-state index in [0.717, 1.165) is 12.1 Å². The van der Waals surface area contributed by atoms with Gasteiger partial charge in [0, 0.05) is 31.4 Å². The highest BCUT2D eigenvalue weighted by molar-refractivity contribution is 5.74. The Balaban J connectivity index is 1.50. The molecule has 1 heterocycles. The number of hydrogen-bond acceptors (Lipinski definition) is 2. The highest BCUT2D eigenvalue weighted by Crippen LogP contribution is 2.34.